The van der Waals surface area contributed by atoms with Crippen LogP contribution in [0.2, 0.25) is 0 Å². The molecule has 5 aromatic rings. The van der Waals surface area contributed by atoms with Gasteiger partial charge in [-0.05, 0) is 36.4 Å². The molecule has 0 aliphatic rings. The second kappa shape index (κ2) is 8.00. The van der Waals surface area contributed by atoms with Crippen LogP contribution in [0, 0.1) is 0 Å². The molecule has 0 fully saturated rings. The highest BCUT2D eigenvalue weighted by Crippen LogP contribution is 2.30. The first-order chi connectivity index (χ1) is 15.1. The van der Waals surface area contributed by atoms with Crippen LogP contribution in [-0.2, 0) is 4.79 Å². The maximum Gasteiger partial charge on any atom is 0.236 e. The number of anilines is 1. The average Bonchev–Trinajstić information content (AvgIpc) is 3.36. The number of methoxy groups -OCH3 is 2. The van der Waals surface area contributed by atoms with Crippen LogP contribution in [0.25, 0.3) is 32.3 Å². The molecule has 1 amide bonds. The molecule has 156 valence electrons. The molecule has 3 heterocycles. The fourth-order valence-electron chi connectivity index (χ4n) is 3.09. The fourth-order valence-corrected chi connectivity index (χ4v) is 4.59. The van der Waals surface area contributed by atoms with Crippen molar-refractivity contribution in [1.29, 1.82) is 0 Å². The van der Waals surface area contributed by atoms with Gasteiger partial charge < -0.3 is 19.8 Å². The van der Waals surface area contributed by atoms with Gasteiger partial charge in [0.15, 0.2) is 10.8 Å². The number of fused-ring (bicyclic) bond motifs is 4. The van der Waals surface area contributed by atoms with Crippen molar-refractivity contribution in [2.24, 2.45) is 0 Å². The van der Waals surface area contributed by atoms with Crippen LogP contribution in [0.1, 0.15) is 0 Å². The molecule has 31 heavy (non-hydrogen) atoms. The van der Waals surface area contributed by atoms with Crippen molar-refractivity contribution in [2.45, 2.75) is 5.16 Å². The smallest absolute Gasteiger partial charge is 0.236 e. The highest BCUT2D eigenvalue weighted by Gasteiger charge is 2.13. The first-order valence-corrected chi connectivity index (χ1v) is 11.0. The highest BCUT2D eigenvalue weighted by atomic mass is 32.2. The minimum absolute atomic E-state index is 0.139. The van der Waals surface area contributed by atoms with Crippen LogP contribution in [0.5, 0.6) is 11.5 Å². The van der Waals surface area contributed by atoms with Gasteiger partial charge in [-0.3, -0.25) is 4.79 Å². The summed E-state index contributed by atoms with van der Waals surface area (Å²) in [5, 5.41) is 13.1. The number of hydrogen-bond acceptors (Lipinski definition) is 9. The summed E-state index contributed by atoms with van der Waals surface area (Å²) in [7, 11) is 3.23. The Balaban J connectivity index is 1.28. The number of nitrogens with one attached hydrogen (secondary N) is 2. The Kier molecular flexibility index (Phi) is 5.04. The third-order valence-electron chi connectivity index (χ3n) is 4.58. The average molecular weight is 453 g/mol. The van der Waals surface area contributed by atoms with Crippen molar-refractivity contribution >= 4 is 66.4 Å². The molecule has 0 aliphatic carbocycles. The van der Waals surface area contributed by atoms with Gasteiger partial charge in [-0.25, -0.2) is 9.97 Å². The number of carbonyl (C=O) groups excluding carboxylic acids is 1. The predicted molar refractivity (Wildman–Crippen MR) is 121 cm³/mol. The topological polar surface area (TPSA) is 115 Å². The van der Waals surface area contributed by atoms with E-state index in [0.29, 0.717) is 21.5 Å². The zero-order valence-corrected chi connectivity index (χ0v) is 18.1. The first kappa shape index (κ1) is 19.5. The summed E-state index contributed by atoms with van der Waals surface area (Å²) in [6.07, 6.45) is 0. The van der Waals surface area contributed by atoms with Gasteiger partial charge >= 0.3 is 0 Å². The Bertz CT molecular complexity index is 1430. The minimum atomic E-state index is -0.193. The van der Waals surface area contributed by atoms with Crippen molar-refractivity contribution in [3.05, 3.63) is 36.4 Å². The fraction of sp³-hybridized carbons (Fsp3) is 0.150. The van der Waals surface area contributed by atoms with Crippen molar-refractivity contribution in [3.63, 3.8) is 0 Å². The lowest BCUT2D eigenvalue weighted by Gasteiger charge is -2.00. The number of H-pyrrole nitrogens is 1. The normalized spacial score (nSPS) is 11.3. The molecule has 0 bridgehead atoms. The van der Waals surface area contributed by atoms with E-state index in [-0.39, 0.29) is 11.7 Å². The number of ether oxygens (including phenoxy) is 2. The summed E-state index contributed by atoms with van der Waals surface area (Å²) >= 11 is 2.60. The molecular weight excluding hydrogens is 436 g/mol. The molecular formula is C20H16N6O3S2. The van der Waals surface area contributed by atoms with Crippen molar-refractivity contribution in [2.75, 3.05) is 25.3 Å². The van der Waals surface area contributed by atoms with E-state index in [1.807, 2.05) is 36.4 Å². The maximum absolute atomic E-state index is 12.4. The number of carbonyl (C=O) groups is 1. The lowest BCUT2D eigenvalue weighted by Crippen LogP contribution is -2.14. The number of benzene rings is 2. The molecule has 0 aliphatic heterocycles. The van der Waals surface area contributed by atoms with Gasteiger partial charge in [0.1, 0.15) is 17.0 Å². The van der Waals surface area contributed by atoms with Gasteiger partial charge in [-0.1, -0.05) is 23.1 Å². The Labute approximate surface area is 184 Å². The van der Waals surface area contributed by atoms with Crippen LogP contribution < -0.4 is 14.8 Å². The Morgan fingerprint density at radius 3 is 2.74 bits per heavy atom. The summed E-state index contributed by atoms with van der Waals surface area (Å²) < 4.78 is 11.4. The number of nitrogens with zero attached hydrogens (tertiary/aromatic N) is 4. The summed E-state index contributed by atoms with van der Waals surface area (Å²) in [6.45, 7) is 0. The monoisotopic (exact) mass is 452 g/mol. The summed E-state index contributed by atoms with van der Waals surface area (Å²) in [5.41, 5.74) is 2.97. The molecule has 0 radical (unpaired) electrons. The standard InChI is InChI=1S/C20H16N6O3S2/c1-28-10-3-5-13-12(7-10)17-18(21-13)24-20(26-25-17)30-9-16(27)23-19-22-14-6-4-11(29-2)8-15(14)31-19/h3-8H,9H2,1-2H3,(H,21,24,26)(H,22,23,27). The number of hydrogen-bond donors (Lipinski definition) is 2. The van der Waals surface area contributed by atoms with Crippen LogP contribution >= 0.6 is 23.1 Å². The number of aromatic amines is 1. The molecule has 2 N–H and O–H groups in total. The second-order valence-corrected chi connectivity index (χ2v) is 8.49. The largest absolute Gasteiger partial charge is 0.497 e. The molecule has 2 aromatic carbocycles. The third-order valence-corrected chi connectivity index (χ3v) is 6.35. The molecule has 0 saturated heterocycles. The minimum Gasteiger partial charge on any atom is -0.497 e. The maximum atomic E-state index is 12.4. The summed E-state index contributed by atoms with van der Waals surface area (Å²) in [6, 6.07) is 11.2. The molecule has 0 unspecified atom stereocenters. The molecule has 0 saturated carbocycles. The third kappa shape index (κ3) is 3.84. The Morgan fingerprint density at radius 2 is 1.90 bits per heavy atom. The van der Waals surface area contributed by atoms with Crippen molar-refractivity contribution in [1.82, 2.24) is 25.1 Å². The Morgan fingerprint density at radius 1 is 1.10 bits per heavy atom. The van der Waals surface area contributed by atoms with Crippen LogP contribution in [0.3, 0.4) is 0 Å². The van der Waals surface area contributed by atoms with Gasteiger partial charge in [0, 0.05) is 10.9 Å². The Hall–Kier alpha value is -3.44. The molecule has 5 rings (SSSR count). The SMILES string of the molecule is COc1ccc2nc(NC(=O)CSc3nnc4c(n3)[nH]c3ccc(OC)cc34)sc2c1. The highest BCUT2D eigenvalue weighted by molar-refractivity contribution is 7.99. The molecule has 0 spiro atoms. The van der Waals surface area contributed by atoms with Gasteiger partial charge in [-0.2, -0.15) is 0 Å². The van der Waals surface area contributed by atoms with E-state index in [2.05, 4.69) is 30.5 Å². The molecule has 0 atom stereocenters. The van der Waals surface area contributed by atoms with Crippen LogP contribution in [0.15, 0.2) is 41.6 Å². The number of amides is 1. The van der Waals surface area contributed by atoms with Gasteiger partial charge in [0.05, 0.1) is 30.2 Å². The summed E-state index contributed by atoms with van der Waals surface area (Å²) in [5.74, 6) is 1.43. The number of rotatable bonds is 6. The lowest BCUT2D eigenvalue weighted by atomic mass is 10.2. The zero-order chi connectivity index (χ0) is 21.4. The summed E-state index contributed by atoms with van der Waals surface area (Å²) in [4.78, 5) is 24.5. The number of aromatic nitrogens is 5. The van der Waals surface area contributed by atoms with Gasteiger partial charge in [0.2, 0.25) is 11.1 Å². The van der Waals surface area contributed by atoms with Crippen LogP contribution in [-0.4, -0.2) is 51.0 Å². The van der Waals surface area contributed by atoms with E-state index >= 15 is 0 Å². The number of thiazole rings is 1. The second-order valence-electron chi connectivity index (χ2n) is 6.52. The molecule has 11 heteroatoms. The van der Waals surface area contributed by atoms with Crippen LogP contribution in [0.4, 0.5) is 5.13 Å². The van der Waals surface area contributed by atoms with E-state index in [0.717, 1.165) is 32.6 Å². The van der Waals surface area contributed by atoms with E-state index < -0.39 is 0 Å². The van der Waals surface area contributed by atoms with E-state index in [9.17, 15) is 4.79 Å². The zero-order valence-electron chi connectivity index (χ0n) is 16.5. The van der Waals surface area contributed by atoms with E-state index in [1.54, 1.807) is 14.2 Å². The first-order valence-electron chi connectivity index (χ1n) is 9.20. The molecule has 3 aromatic heterocycles. The van der Waals surface area contributed by atoms with E-state index in [4.69, 9.17) is 9.47 Å². The van der Waals surface area contributed by atoms with Crippen molar-refractivity contribution in [3.8, 4) is 11.5 Å². The number of thioether (sulfide) groups is 1. The predicted octanol–water partition coefficient (Wildman–Crippen LogP) is 3.86. The van der Waals surface area contributed by atoms with Crippen molar-refractivity contribution < 1.29 is 14.3 Å². The van der Waals surface area contributed by atoms with Gasteiger partial charge in [-0.15, -0.1) is 10.2 Å². The molecule has 9 nitrogen and oxygen atoms in total. The van der Waals surface area contributed by atoms with Gasteiger partial charge in [0.25, 0.3) is 0 Å². The lowest BCUT2D eigenvalue weighted by molar-refractivity contribution is -0.113. The quantitative estimate of drug-likeness (QED) is 0.373. The van der Waals surface area contributed by atoms with E-state index in [1.165, 1.54) is 23.1 Å².